The van der Waals surface area contributed by atoms with Gasteiger partial charge in [0, 0.05) is 12.6 Å². The lowest BCUT2D eigenvalue weighted by Gasteiger charge is -2.15. The van der Waals surface area contributed by atoms with Crippen LogP contribution in [0.3, 0.4) is 0 Å². The summed E-state index contributed by atoms with van der Waals surface area (Å²) in [6, 6.07) is 5.06. The first-order valence-corrected chi connectivity index (χ1v) is 9.21. The first-order valence-electron chi connectivity index (χ1n) is 7.72. The molecule has 0 aromatic heterocycles. The van der Waals surface area contributed by atoms with E-state index in [1.165, 1.54) is 12.8 Å². The zero-order valence-electron chi connectivity index (χ0n) is 13.4. The van der Waals surface area contributed by atoms with Crippen LogP contribution in [0, 0.1) is 6.92 Å². The normalized spacial score (nSPS) is 13.3. The van der Waals surface area contributed by atoms with Gasteiger partial charge in [0.2, 0.25) is 10.0 Å². The molecule has 1 atom stereocenters. The molecule has 0 aliphatic carbocycles. The van der Waals surface area contributed by atoms with Crippen LogP contribution in [-0.4, -0.2) is 14.5 Å². The molecule has 0 spiro atoms. The predicted molar refractivity (Wildman–Crippen MR) is 87.6 cm³/mol. The van der Waals surface area contributed by atoms with Crippen molar-refractivity contribution in [1.29, 1.82) is 0 Å². The zero-order chi connectivity index (χ0) is 15.9. The minimum atomic E-state index is -3.44. The Hall–Kier alpha value is -0.910. The molecule has 21 heavy (non-hydrogen) atoms. The summed E-state index contributed by atoms with van der Waals surface area (Å²) in [6.07, 6.45) is 5.49. The van der Waals surface area contributed by atoms with E-state index in [9.17, 15) is 8.42 Å². The molecule has 4 nitrogen and oxygen atoms in total. The molecule has 1 aromatic rings. The van der Waals surface area contributed by atoms with E-state index in [-0.39, 0.29) is 6.04 Å². The molecule has 0 radical (unpaired) electrons. The third-order valence-corrected chi connectivity index (χ3v) is 5.28. The highest BCUT2D eigenvalue weighted by Gasteiger charge is 2.17. The molecule has 120 valence electrons. The summed E-state index contributed by atoms with van der Waals surface area (Å²) in [5, 5.41) is 0. The lowest BCUT2D eigenvalue weighted by Crippen LogP contribution is -2.32. The Balaban J connectivity index is 2.66. The van der Waals surface area contributed by atoms with Crippen molar-refractivity contribution in [2.45, 2.75) is 70.4 Å². The van der Waals surface area contributed by atoms with Gasteiger partial charge in [0.15, 0.2) is 0 Å². The summed E-state index contributed by atoms with van der Waals surface area (Å²) < 4.78 is 27.4. The second kappa shape index (κ2) is 8.51. The summed E-state index contributed by atoms with van der Waals surface area (Å²) in [6.45, 7) is 6.40. The van der Waals surface area contributed by atoms with Crippen LogP contribution in [0.15, 0.2) is 23.1 Å². The fraction of sp³-hybridized carbons (Fsp3) is 0.625. The van der Waals surface area contributed by atoms with Crippen LogP contribution < -0.4 is 10.5 Å². The summed E-state index contributed by atoms with van der Waals surface area (Å²) in [5.74, 6) is 0. The van der Waals surface area contributed by atoms with Crippen molar-refractivity contribution in [3.05, 3.63) is 29.3 Å². The molecular weight excluding hydrogens is 284 g/mol. The maximum Gasteiger partial charge on any atom is 0.240 e. The van der Waals surface area contributed by atoms with Crippen LogP contribution in [0.5, 0.6) is 0 Å². The van der Waals surface area contributed by atoms with Crippen LogP contribution in [0.25, 0.3) is 0 Å². The number of rotatable bonds is 9. The van der Waals surface area contributed by atoms with E-state index in [0.29, 0.717) is 11.4 Å². The zero-order valence-corrected chi connectivity index (χ0v) is 14.2. The van der Waals surface area contributed by atoms with E-state index in [4.69, 9.17) is 5.73 Å². The SMILES string of the molecule is CCCCCCC(C)NS(=O)(=O)c1ccc(CN)c(C)c1. The largest absolute Gasteiger partial charge is 0.326 e. The molecule has 0 saturated carbocycles. The van der Waals surface area contributed by atoms with E-state index >= 15 is 0 Å². The second-order valence-electron chi connectivity index (χ2n) is 5.66. The molecule has 1 aromatic carbocycles. The van der Waals surface area contributed by atoms with Crippen molar-refractivity contribution in [1.82, 2.24) is 4.72 Å². The molecule has 0 saturated heterocycles. The van der Waals surface area contributed by atoms with Crippen molar-refractivity contribution in [2.75, 3.05) is 0 Å². The van der Waals surface area contributed by atoms with E-state index < -0.39 is 10.0 Å². The van der Waals surface area contributed by atoms with Gasteiger partial charge in [-0.05, 0) is 43.5 Å². The fourth-order valence-corrected chi connectivity index (χ4v) is 3.70. The number of hydrogen-bond acceptors (Lipinski definition) is 3. The van der Waals surface area contributed by atoms with Crippen LogP contribution in [-0.2, 0) is 16.6 Å². The number of nitrogens with two attached hydrogens (primary N) is 1. The average molecular weight is 312 g/mol. The number of aryl methyl sites for hydroxylation is 1. The van der Waals surface area contributed by atoms with Crippen molar-refractivity contribution in [2.24, 2.45) is 5.73 Å². The van der Waals surface area contributed by atoms with Crippen molar-refractivity contribution >= 4 is 10.0 Å². The quantitative estimate of drug-likeness (QED) is 0.688. The van der Waals surface area contributed by atoms with Crippen molar-refractivity contribution in [3.8, 4) is 0 Å². The summed E-state index contributed by atoms with van der Waals surface area (Å²) >= 11 is 0. The molecule has 0 amide bonds. The standard InChI is InChI=1S/C16H28N2O2S/c1-4-5-6-7-8-14(3)18-21(19,20)16-10-9-15(12-17)13(2)11-16/h9-11,14,18H,4-8,12,17H2,1-3H3. The van der Waals surface area contributed by atoms with E-state index in [1.807, 2.05) is 13.8 Å². The fourth-order valence-electron chi connectivity index (χ4n) is 2.33. The van der Waals surface area contributed by atoms with E-state index in [2.05, 4.69) is 11.6 Å². The Bertz CT molecular complexity index is 541. The van der Waals surface area contributed by atoms with E-state index in [0.717, 1.165) is 30.4 Å². The van der Waals surface area contributed by atoms with Gasteiger partial charge in [0.05, 0.1) is 4.90 Å². The van der Waals surface area contributed by atoms with Crippen LogP contribution in [0.4, 0.5) is 0 Å². The van der Waals surface area contributed by atoms with Gasteiger partial charge in [0.1, 0.15) is 0 Å². The third-order valence-electron chi connectivity index (χ3n) is 3.69. The molecular formula is C16H28N2O2S. The van der Waals surface area contributed by atoms with Crippen LogP contribution in [0.2, 0.25) is 0 Å². The maximum absolute atomic E-state index is 12.3. The number of hydrogen-bond donors (Lipinski definition) is 2. The molecule has 0 heterocycles. The van der Waals surface area contributed by atoms with E-state index in [1.54, 1.807) is 18.2 Å². The first-order chi connectivity index (χ1) is 9.90. The Morgan fingerprint density at radius 3 is 2.52 bits per heavy atom. The lowest BCUT2D eigenvalue weighted by molar-refractivity contribution is 0.522. The topological polar surface area (TPSA) is 72.2 Å². The Labute approximate surface area is 129 Å². The number of benzene rings is 1. The molecule has 3 N–H and O–H groups in total. The van der Waals surface area contributed by atoms with Gasteiger partial charge < -0.3 is 5.73 Å². The molecule has 1 unspecified atom stereocenters. The van der Waals surface area contributed by atoms with Crippen LogP contribution in [0.1, 0.15) is 57.1 Å². The van der Waals surface area contributed by atoms with Gasteiger partial charge in [-0.15, -0.1) is 0 Å². The molecule has 0 fully saturated rings. The Kier molecular flexibility index (Phi) is 7.35. The highest BCUT2D eigenvalue weighted by Crippen LogP contribution is 2.16. The number of sulfonamides is 1. The summed E-state index contributed by atoms with van der Waals surface area (Å²) in [7, 11) is -3.44. The van der Waals surface area contributed by atoms with Gasteiger partial charge >= 0.3 is 0 Å². The molecule has 1 rings (SSSR count). The predicted octanol–water partition coefficient (Wildman–Crippen LogP) is 3.09. The molecule has 0 aliphatic heterocycles. The lowest BCUT2D eigenvalue weighted by atomic mass is 10.1. The van der Waals surface area contributed by atoms with Crippen molar-refractivity contribution < 1.29 is 8.42 Å². The second-order valence-corrected chi connectivity index (χ2v) is 7.38. The van der Waals surface area contributed by atoms with Crippen LogP contribution >= 0.6 is 0 Å². The summed E-state index contributed by atoms with van der Waals surface area (Å²) in [5.41, 5.74) is 7.49. The van der Waals surface area contributed by atoms with Gasteiger partial charge in [-0.3, -0.25) is 0 Å². The summed E-state index contributed by atoms with van der Waals surface area (Å²) in [4.78, 5) is 0.317. The first kappa shape index (κ1) is 18.1. The average Bonchev–Trinajstić information content (AvgIpc) is 2.43. The maximum atomic E-state index is 12.3. The molecule has 0 bridgehead atoms. The van der Waals surface area contributed by atoms with Gasteiger partial charge in [-0.1, -0.05) is 38.7 Å². The Morgan fingerprint density at radius 1 is 1.24 bits per heavy atom. The van der Waals surface area contributed by atoms with Gasteiger partial charge in [-0.25, -0.2) is 13.1 Å². The highest BCUT2D eigenvalue weighted by molar-refractivity contribution is 7.89. The minimum absolute atomic E-state index is 0.0404. The monoisotopic (exact) mass is 312 g/mol. The number of nitrogens with one attached hydrogen (secondary N) is 1. The van der Waals surface area contributed by atoms with Gasteiger partial charge in [-0.2, -0.15) is 0 Å². The number of unbranched alkanes of at least 4 members (excludes halogenated alkanes) is 3. The van der Waals surface area contributed by atoms with Crippen molar-refractivity contribution in [3.63, 3.8) is 0 Å². The minimum Gasteiger partial charge on any atom is -0.326 e. The highest BCUT2D eigenvalue weighted by atomic mass is 32.2. The smallest absolute Gasteiger partial charge is 0.240 e. The Morgan fingerprint density at radius 2 is 1.95 bits per heavy atom. The molecule has 5 heteroatoms. The third kappa shape index (κ3) is 5.77. The van der Waals surface area contributed by atoms with Gasteiger partial charge in [0.25, 0.3) is 0 Å². The molecule has 0 aliphatic rings.